The molecule has 3 unspecified atom stereocenters. The van der Waals surface area contributed by atoms with E-state index in [0.717, 1.165) is 5.92 Å². The van der Waals surface area contributed by atoms with Crippen molar-refractivity contribution in [2.75, 3.05) is 13.1 Å². The lowest BCUT2D eigenvalue weighted by atomic mass is 9.67. The van der Waals surface area contributed by atoms with Crippen LogP contribution in [0.5, 0.6) is 0 Å². The Morgan fingerprint density at radius 1 is 1.25 bits per heavy atom. The highest BCUT2D eigenvalue weighted by atomic mass is 15.2. The van der Waals surface area contributed by atoms with E-state index in [1.165, 1.54) is 51.6 Å². The summed E-state index contributed by atoms with van der Waals surface area (Å²) in [4.78, 5) is 2.73. The maximum atomic E-state index is 6.50. The van der Waals surface area contributed by atoms with Crippen LogP contribution < -0.4 is 5.73 Å². The standard InChI is InChI=1S/C18H36N2/c1-6-18(4,5)14-8-9-15(19)16(12-14)20-11-7-10-17(2,3)13-20/h14-16H,6-13,19H2,1-5H3. The van der Waals surface area contributed by atoms with Crippen LogP contribution in [0.4, 0.5) is 0 Å². The Kier molecular flexibility index (Phi) is 4.86. The second-order valence-corrected chi connectivity index (χ2v) is 8.82. The Morgan fingerprint density at radius 3 is 2.55 bits per heavy atom. The predicted octanol–water partition coefficient (Wildman–Crippen LogP) is 4.04. The van der Waals surface area contributed by atoms with Crippen LogP contribution in [0.25, 0.3) is 0 Å². The Morgan fingerprint density at radius 2 is 1.95 bits per heavy atom. The average molecular weight is 280 g/mol. The zero-order valence-electron chi connectivity index (χ0n) is 14.4. The Labute approximate surface area is 126 Å². The third-order valence-electron chi connectivity index (χ3n) is 6.28. The van der Waals surface area contributed by atoms with Gasteiger partial charge in [-0.3, -0.25) is 4.90 Å². The van der Waals surface area contributed by atoms with E-state index in [2.05, 4.69) is 39.5 Å². The molecule has 1 aliphatic carbocycles. The molecule has 1 saturated carbocycles. The molecule has 1 saturated heterocycles. The number of piperidine rings is 1. The molecule has 2 aliphatic rings. The van der Waals surface area contributed by atoms with Crippen molar-refractivity contribution in [2.24, 2.45) is 22.5 Å². The molecule has 0 bridgehead atoms. The van der Waals surface area contributed by atoms with Crippen LogP contribution in [-0.2, 0) is 0 Å². The summed E-state index contributed by atoms with van der Waals surface area (Å²) in [6.45, 7) is 14.6. The fourth-order valence-electron chi connectivity index (χ4n) is 4.34. The molecule has 2 N–H and O–H groups in total. The van der Waals surface area contributed by atoms with Crippen molar-refractivity contribution >= 4 is 0 Å². The molecule has 0 amide bonds. The number of hydrogen-bond acceptors (Lipinski definition) is 2. The van der Waals surface area contributed by atoms with E-state index < -0.39 is 0 Å². The highest BCUT2D eigenvalue weighted by Gasteiger charge is 2.40. The van der Waals surface area contributed by atoms with Gasteiger partial charge in [-0.25, -0.2) is 0 Å². The maximum Gasteiger partial charge on any atom is 0.0250 e. The summed E-state index contributed by atoms with van der Waals surface area (Å²) in [5, 5.41) is 0. The van der Waals surface area contributed by atoms with Gasteiger partial charge in [0.1, 0.15) is 0 Å². The minimum absolute atomic E-state index is 0.396. The van der Waals surface area contributed by atoms with E-state index in [-0.39, 0.29) is 0 Å². The summed E-state index contributed by atoms with van der Waals surface area (Å²) < 4.78 is 0. The van der Waals surface area contributed by atoms with E-state index >= 15 is 0 Å². The van der Waals surface area contributed by atoms with Crippen molar-refractivity contribution in [3.63, 3.8) is 0 Å². The minimum Gasteiger partial charge on any atom is -0.326 e. The largest absolute Gasteiger partial charge is 0.326 e. The number of nitrogens with zero attached hydrogens (tertiary/aromatic N) is 1. The Bertz CT molecular complexity index is 321. The molecule has 3 atom stereocenters. The topological polar surface area (TPSA) is 29.3 Å². The number of rotatable bonds is 3. The summed E-state index contributed by atoms with van der Waals surface area (Å²) in [7, 11) is 0. The fraction of sp³-hybridized carbons (Fsp3) is 1.00. The average Bonchev–Trinajstić information content (AvgIpc) is 2.37. The normalized spacial score (nSPS) is 36.0. The van der Waals surface area contributed by atoms with Gasteiger partial charge in [-0.2, -0.15) is 0 Å². The summed E-state index contributed by atoms with van der Waals surface area (Å²) in [5.41, 5.74) is 7.46. The van der Waals surface area contributed by atoms with Crippen LogP contribution in [0.1, 0.15) is 73.1 Å². The molecule has 0 spiro atoms. The molecular weight excluding hydrogens is 244 g/mol. The highest BCUT2D eigenvalue weighted by molar-refractivity contribution is 4.95. The van der Waals surface area contributed by atoms with E-state index in [0.29, 0.717) is 22.9 Å². The van der Waals surface area contributed by atoms with Crippen molar-refractivity contribution in [1.82, 2.24) is 4.90 Å². The number of nitrogens with two attached hydrogens (primary N) is 1. The molecule has 2 nitrogen and oxygen atoms in total. The fourth-order valence-corrected chi connectivity index (χ4v) is 4.34. The van der Waals surface area contributed by atoms with Crippen molar-refractivity contribution in [3.8, 4) is 0 Å². The van der Waals surface area contributed by atoms with Crippen LogP contribution in [0, 0.1) is 16.7 Å². The van der Waals surface area contributed by atoms with Gasteiger partial charge >= 0.3 is 0 Å². The SMILES string of the molecule is CCC(C)(C)C1CCC(N)C(N2CCCC(C)(C)C2)C1. The second kappa shape index (κ2) is 5.96. The molecule has 2 heteroatoms. The highest BCUT2D eigenvalue weighted by Crippen LogP contribution is 2.42. The summed E-state index contributed by atoms with van der Waals surface area (Å²) in [6.07, 6.45) is 7.86. The van der Waals surface area contributed by atoms with Crippen LogP contribution in [0.15, 0.2) is 0 Å². The first kappa shape index (κ1) is 16.3. The molecular formula is C18H36N2. The minimum atomic E-state index is 0.396. The molecule has 0 aromatic carbocycles. The van der Waals surface area contributed by atoms with Gasteiger partial charge in [-0.05, 0) is 55.4 Å². The molecule has 20 heavy (non-hydrogen) atoms. The second-order valence-electron chi connectivity index (χ2n) is 8.82. The van der Waals surface area contributed by atoms with E-state index in [1.54, 1.807) is 0 Å². The monoisotopic (exact) mass is 280 g/mol. The van der Waals surface area contributed by atoms with E-state index in [4.69, 9.17) is 5.73 Å². The third-order valence-corrected chi connectivity index (χ3v) is 6.28. The van der Waals surface area contributed by atoms with Crippen molar-refractivity contribution < 1.29 is 0 Å². The van der Waals surface area contributed by atoms with Crippen molar-refractivity contribution in [2.45, 2.75) is 85.2 Å². The molecule has 0 radical (unpaired) electrons. The van der Waals surface area contributed by atoms with Crippen molar-refractivity contribution in [3.05, 3.63) is 0 Å². The van der Waals surface area contributed by atoms with Crippen LogP contribution in [0.2, 0.25) is 0 Å². The van der Waals surface area contributed by atoms with E-state index in [9.17, 15) is 0 Å². The predicted molar refractivity (Wildman–Crippen MR) is 87.8 cm³/mol. The quantitative estimate of drug-likeness (QED) is 0.845. The number of hydrogen-bond donors (Lipinski definition) is 1. The van der Waals surface area contributed by atoms with Crippen LogP contribution in [-0.4, -0.2) is 30.1 Å². The maximum absolute atomic E-state index is 6.50. The molecule has 118 valence electrons. The zero-order valence-corrected chi connectivity index (χ0v) is 14.4. The number of likely N-dealkylation sites (tertiary alicyclic amines) is 1. The van der Waals surface area contributed by atoms with Gasteiger partial charge in [-0.15, -0.1) is 0 Å². The molecule has 1 aliphatic heterocycles. The molecule has 0 aromatic rings. The molecule has 0 aromatic heterocycles. The first-order chi connectivity index (χ1) is 9.25. The summed E-state index contributed by atoms with van der Waals surface area (Å²) >= 11 is 0. The Balaban J connectivity index is 2.05. The van der Waals surface area contributed by atoms with E-state index in [1.807, 2.05) is 0 Å². The molecule has 1 heterocycles. The smallest absolute Gasteiger partial charge is 0.0250 e. The van der Waals surface area contributed by atoms with Gasteiger partial charge in [-0.1, -0.05) is 41.0 Å². The lowest BCUT2D eigenvalue weighted by Crippen LogP contribution is -2.56. The molecule has 2 fully saturated rings. The lowest BCUT2D eigenvalue weighted by Gasteiger charge is -2.49. The van der Waals surface area contributed by atoms with Gasteiger partial charge in [0, 0.05) is 18.6 Å². The van der Waals surface area contributed by atoms with Gasteiger partial charge in [0.25, 0.3) is 0 Å². The van der Waals surface area contributed by atoms with Crippen molar-refractivity contribution in [1.29, 1.82) is 0 Å². The van der Waals surface area contributed by atoms with Gasteiger partial charge in [0.05, 0.1) is 0 Å². The van der Waals surface area contributed by atoms with Crippen LogP contribution in [0.3, 0.4) is 0 Å². The summed E-state index contributed by atoms with van der Waals surface area (Å²) in [5.74, 6) is 0.849. The van der Waals surface area contributed by atoms with Gasteiger partial charge < -0.3 is 5.73 Å². The Hall–Kier alpha value is -0.0800. The molecule has 2 rings (SSSR count). The first-order valence-corrected chi connectivity index (χ1v) is 8.75. The van der Waals surface area contributed by atoms with Crippen LogP contribution >= 0.6 is 0 Å². The third kappa shape index (κ3) is 3.57. The van der Waals surface area contributed by atoms with Gasteiger partial charge in [0.2, 0.25) is 0 Å². The lowest BCUT2D eigenvalue weighted by molar-refractivity contribution is 0.0174. The first-order valence-electron chi connectivity index (χ1n) is 8.75. The van der Waals surface area contributed by atoms with Gasteiger partial charge in [0.15, 0.2) is 0 Å². The summed E-state index contributed by atoms with van der Waals surface area (Å²) in [6, 6.07) is 1.02. The zero-order chi connectivity index (χ0) is 15.0.